The van der Waals surface area contributed by atoms with Crippen molar-refractivity contribution in [3.05, 3.63) is 70.2 Å². The molecule has 0 N–H and O–H groups in total. The number of aromatic nitrogens is 1. The Kier molecular flexibility index (Phi) is 4.66. The van der Waals surface area contributed by atoms with Gasteiger partial charge < -0.3 is 9.47 Å². The minimum atomic E-state index is -0.381. The van der Waals surface area contributed by atoms with E-state index in [4.69, 9.17) is 0 Å². The molecule has 0 atom stereocenters. The second-order valence-corrected chi connectivity index (χ2v) is 7.33. The van der Waals surface area contributed by atoms with Crippen molar-refractivity contribution in [3.8, 4) is 0 Å². The highest BCUT2D eigenvalue weighted by atomic mass is 19.1. The Hall–Kier alpha value is -2.72. The zero-order chi connectivity index (χ0) is 19.0. The van der Waals surface area contributed by atoms with Gasteiger partial charge in [0.05, 0.1) is 5.52 Å². The van der Waals surface area contributed by atoms with Gasteiger partial charge in [-0.3, -0.25) is 4.79 Å². The number of rotatable bonds is 3. The van der Waals surface area contributed by atoms with E-state index in [2.05, 4.69) is 41.6 Å². The van der Waals surface area contributed by atoms with Gasteiger partial charge in [0.25, 0.3) is 0 Å². The molecule has 0 fully saturated rings. The average molecular weight is 362 g/mol. The molecule has 0 radical (unpaired) electrons. The fourth-order valence-corrected chi connectivity index (χ4v) is 3.89. The Balaban J connectivity index is 1.83. The number of aldehydes is 1. The molecule has 0 bridgehead atoms. The molecule has 0 spiro atoms. The number of likely N-dealkylation sites (N-methyl/N-ethyl adjacent to an activating group) is 1. The van der Waals surface area contributed by atoms with Crippen LogP contribution < -0.4 is 0 Å². The Morgan fingerprint density at radius 2 is 1.89 bits per heavy atom. The maximum absolute atomic E-state index is 14.3. The van der Waals surface area contributed by atoms with Gasteiger partial charge in [-0.15, -0.1) is 0 Å². The monoisotopic (exact) mass is 362 g/mol. The maximum atomic E-state index is 14.3. The van der Waals surface area contributed by atoms with Gasteiger partial charge in [-0.25, -0.2) is 4.39 Å². The molecule has 0 unspecified atom stereocenters. The van der Waals surface area contributed by atoms with Crippen LogP contribution in [-0.2, 0) is 12.8 Å². The van der Waals surface area contributed by atoms with E-state index in [1.807, 2.05) is 6.20 Å². The van der Waals surface area contributed by atoms with Crippen molar-refractivity contribution in [2.45, 2.75) is 19.8 Å². The fourth-order valence-electron chi connectivity index (χ4n) is 3.89. The third-order valence-corrected chi connectivity index (χ3v) is 5.41. The Bertz CT molecular complexity index is 1050. The van der Waals surface area contributed by atoms with Crippen LogP contribution in [0.25, 0.3) is 23.2 Å². The fraction of sp³-hybridized carbons (Fsp3) is 0.261. The minimum Gasteiger partial charge on any atom is -0.320 e. The Morgan fingerprint density at radius 3 is 2.67 bits per heavy atom. The van der Waals surface area contributed by atoms with E-state index in [1.54, 1.807) is 18.2 Å². The van der Waals surface area contributed by atoms with Gasteiger partial charge in [-0.2, -0.15) is 0 Å². The molecule has 1 aliphatic heterocycles. The summed E-state index contributed by atoms with van der Waals surface area (Å²) in [5, 5.41) is 1.29. The third kappa shape index (κ3) is 3.33. The first-order valence-corrected chi connectivity index (χ1v) is 9.30. The van der Waals surface area contributed by atoms with E-state index >= 15 is 0 Å². The zero-order valence-electron chi connectivity index (χ0n) is 15.7. The van der Waals surface area contributed by atoms with Crippen molar-refractivity contribution in [3.63, 3.8) is 0 Å². The van der Waals surface area contributed by atoms with Crippen LogP contribution in [-0.4, -0.2) is 35.9 Å². The number of nitrogens with zero attached hydrogens (tertiary/aromatic N) is 2. The van der Waals surface area contributed by atoms with E-state index in [9.17, 15) is 9.18 Å². The molecule has 3 aromatic rings. The van der Waals surface area contributed by atoms with Gasteiger partial charge in [0, 0.05) is 47.9 Å². The van der Waals surface area contributed by atoms with Gasteiger partial charge in [-0.05, 0) is 50.2 Å². The number of halogens is 1. The number of hydrogen-bond donors (Lipinski definition) is 0. The van der Waals surface area contributed by atoms with Crippen LogP contribution in [0.1, 0.15) is 32.7 Å². The summed E-state index contributed by atoms with van der Waals surface area (Å²) in [4.78, 5) is 13.2. The Morgan fingerprint density at radius 1 is 1.07 bits per heavy atom. The van der Waals surface area contributed by atoms with Crippen molar-refractivity contribution < 1.29 is 9.18 Å². The molecule has 1 aliphatic rings. The number of benzene rings is 2. The summed E-state index contributed by atoms with van der Waals surface area (Å²) in [6.45, 7) is 4.18. The van der Waals surface area contributed by atoms with E-state index in [1.165, 1.54) is 28.3 Å². The molecular weight excluding hydrogens is 339 g/mol. The van der Waals surface area contributed by atoms with E-state index < -0.39 is 0 Å². The van der Waals surface area contributed by atoms with E-state index in [0.717, 1.165) is 31.4 Å². The highest BCUT2D eigenvalue weighted by molar-refractivity contribution is 5.89. The molecule has 0 aliphatic carbocycles. The number of carbonyl (C=O) groups is 1. The molecule has 1 aromatic heterocycles. The standard InChI is InChI=1S/C23H23FN2O/c1-16-3-6-22-20(13-16)19-8-10-25(2)11-9-23(19)26(22)12-7-18-5-4-17(15-27)14-21(18)24/h3-7,12-15H,8-11H2,1-2H3/b12-7+. The van der Waals surface area contributed by atoms with Gasteiger partial charge in [0.15, 0.2) is 0 Å². The molecule has 0 saturated heterocycles. The highest BCUT2D eigenvalue weighted by Crippen LogP contribution is 2.30. The molecule has 3 nitrogen and oxygen atoms in total. The first-order chi connectivity index (χ1) is 13.1. The largest absolute Gasteiger partial charge is 0.320 e. The van der Waals surface area contributed by atoms with Crippen molar-refractivity contribution in [1.29, 1.82) is 0 Å². The van der Waals surface area contributed by atoms with Gasteiger partial charge >= 0.3 is 0 Å². The third-order valence-electron chi connectivity index (χ3n) is 5.41. The van der Waals surface area contributed by atoms with Crippen LogP contribution in [0.15, 0.2) is 36.4 Å². The van der Waals surface area contributed by atoms with Gasteiger partial charge in [-0.1, -0.05) is 23.8 Å². The van der Waals surface area contributed by atoms with Crippen LogP contribution in [0.3, 0.4) is 0 Å². The lowest BCUT2D eigenvalue weighted by molar-refractivity contribution is 0.112. The van der Waals surface area contributed by atoms with Crippen molar-refractivity contribution >= 4 is 29.5 Å². The molecule has 4 rings (SSSR count). The average Bonchev–Trinajstić information content (AvgIpc) is 2.80. The molecule has 138 valence electrons. The minimum absolute atomic E-state index is 0.350. The zero-order valence-corrected chi connectivity index (χ0v) is 15.7. The van der Waals surface area contributed by atoms with Crippen molar-refractivity contribution in [2.24, 2.45) is 0 Å². The molecule has 2 heterocycles. The quantitative estimate of drug-likeness (QED) is 0.638. The van der Waals surface area contributed by atoms with Crippen LogP contribution in [0.2, 0.25) is 0 Å². The SMILES string of the molecule is Cc1ccc2c(c1)c1c(n2/C=C/c2ccc(C=O)cc2F)CCN(C)CC1. The lowest BCUT2D eigenvalue weighted by Crippen LogP contribution is -2.21. The lowest BCUT2D eigenvalue weighted by atomic mass is 10.1. The van der Waals surface area contributed by atoms with E-state index in [-0.39, 0.29) is 5.82 Å². The topological polar surface area (TPSA) is 25.2 Å². The van der Waals surface area contributed by atoms with Crippen LogP contribution in [0.4, 0.5) is 4.39 Å². The predicted molar refractivity (Wildman–Crippen MR) is 109 cm³/mol. The van der Waals surface area contributed by atoms with Crippen LogP contribution in [0.5, 0.6) is 0 Å². The summed E-state index contributed by atoms with van der Waals surface area (Å²) in [6.07, 6.45) is 6.40. The predicted octanol–water partition coefficient (Wildman–Crippen LogP) is 4.56. The number of carbonyl (C=O) groups excluding carboxylic acids is 1. The summed E-state index contributed by atoms with van der Waals surface area (Å²) in [6, 6.07) is 11.1. The molecule has 4 heteroatoms. The summed E-state index contributed by atoms with van der Waals surface area (Å²) < 4.78 is 16.5. The van der Waals surface area contributed by atoms with Crippen LogP contribution >= 0.6 is 0 Å². The number of fused-ring (bicyclic) bond motifs is 3. The molecule has 0 amide bonds. The summed E-state index contributed by atoms with van der Waals surface area (Å²) >= 11 is 0. The van der Waals surface area contributed by atoms with Crippen molar-refractivity contribution in [2.75, 3.05) is 20.1 Å². The molecule has 27 heavy (non-hydrogen) atoms. The first-order valence-electron chi connectivity index (χ1n) is 9.30. The summed E-state index contributed by atoms with van der Waals surface area (Å²) in [7, 11) is 2.16. The number of aryl methyl sites for hydroxylation is 1. The first kappa shape index (κ1) is 17.7. The maximum Gasteiger partial charge on any atom is 0.150 e. The second-order valence-electron chi connectivity index (χ2n) is 7.33. The molecule has 2 aromatic carbocycles. The number of hydrogen-bond acceptors (Lipinski definition) is 2. The molecule has 0 saturated carbocycles. The summed E-state index contributed by atoms with van der Waals surface area (Å²) in [5.74, 6) is -0.381. The Labute approximate surface area is 158 Å². The lowest BCUT2D eigenvalue weighted by Gasteiger charge is -2.12. The molecular formula is C23H23FN2O. The normalized spacial score (nSPS) is 15.2. The highest BCUT2D eigenvalue weighted by Gasteiger charge is 2.19. The van der Waals surface area contributed by atoms with Crippen molar-refractivity contribution in [1.82, 2.24) is 9.47 Å². The smallest absolute Gasteiger partial charge is 0.150 e. The second kappa shape index (κ2) is 7.12. The van der Waals surface area contributed by atoms with E-state index in [0.29, 0.717) is 17.4 Å². The summed E-state index contributed by atoms with van der Waals surface area (Å²) in [5.41, 5.74) is 5.95. The van der Waals surface area contributed by atoms with Gasteiger partial charge in [0.2, 0.25) is 0 Å². The van der Waals surface area contributed by atoms with Gasteiger partial charge in [0.1, 0.15) is 12.1 Å². The van der Waals surface area contributed by atoms with Crippen LogP contribution in [0, 0.1) is 12.7 Å².